The lowest BCUT2D eigenvalue weighted by molar-refractivity contribution is 0.163. The molecule has 1 rings (SSSR count). The zero-order valence-electron chi connectivity index (χ0n) is 6.42. The predicted octanol–water partition coefficient (Wildman–Crippen LogP) is 0.376. The van der Waals surface area contributed by atoms with E-state index in [1.54, 1.807) is 0 Å². The molecule has 72 valence electrons. The molecule has 0 saturated carbocycles. The van der Waals surface area contributed by atoms with Gasteiger partial charge in [0.15, 0.2) is 0 Å². The van der Waals surface area contributed by atoms with Crippen molar-refractivity contribution in [2.24, 2.45) is 0 Å². The van der Waals surface area contributed by atoms with E-state index < -0.39 is 18.3 Å². The lowest BCUT2D eigenvalue weighted by atomic mass is 10.1. The molecule has 0 bridgehead atoms. The van der Waals surface area contributed by atoms with Gasteiger partial charge in [-0.05, 0) is 13.0 Å². The Bertz CT molecular complexity index is 158. The number of halogens is 2. The van der Waals surface area contributed by atoms with Crippen LogP contribution in [0.3, 0.4) is 0 Å². The van der Waals surface area contributed by atoms with Crippen molar-refractivity contribution < 1.29 is 14.3 Å². The third-order valence-electron chi connectivity index (χ3n) is 1.72. The summed E-state index contributed by atoms with van der Waals surface area (Å²) in [5.41, 5.74) is 0. The lowest BCUT2D eigenvalue weighted by Gasteiger charge is -2.26. The first-order valence-electron chi connectivity index (χ1n) is 3.54. The van der Waals surface area contributed by atoms with Crippen molar-refractivity contribution in [3.63, 3.8) is 0 Å². The van der Waals surface area contributed by atoms with Gasteiger partial charge in [0.2, 0.25) is 0 Å². The minimum Gasteiger partial charge on any atom is -0.465 e. The fraction of sp³-hybridized carbons (Fsp3) is 0.833. The van der Waals surface area contributed by atoms with Crippen LogP contribution in [-0.2, 0) is 0 Å². The van der Waals surface area contributed by atoms with E-state index >= 15 is 0 Å². The van der Waals surface area contributed by atoms with Crippen molar-refractivity contribution >= 4 is 18.5 Å². The van der Waals surface area contributed by atoms with Crippen LogP contribution >= 0.6 is 12.4 Å². The first kappa shape index (κ1) is 11.4. The van der Waals surface area contributed by atoms with Crippen LogP contribution in [-0.4, -0.2) is 36.5 Å². The highest BCUT2D eigenvalue weighted by Crippen LogP contribution is 2.06. The Hall–Kier alpha value is -0.550. The molecule has 0 aromatic heterocycles. The largest absolute Gasteiger partial charge is 0.465 e. The molecular weight excluding hydrogens is 187 g/mol. The van der Waals surface area contributed by atoms with E-state index in [2.05, 4.69) is 10.6 Å². The number of nitrogens with one attached hydrogen (secondary N) is 2. The summed E-state index contributed by atoms with van der Waals surface area (Å²) in [5.74, 6) is 0. The van der Waals surface area contributed by atoms with E-state index in [4.69, 9.17) is 5.11 Å². The standard InChI is InChI=1S/C6H11FN2O2.ClH/c7-4-3-8-2-1-5(4)9-6(10)11;/h4-5,8-9H,1-3H2,(H,10,11);1H/t4-,5+;/m0./s1. The highest BCUT2D eigenvalue weighted by atomic mass is 35.5. The fourth-order valence-electron chi connectivity index (χ4n) is 1.14. The van der Waals surface area contributed by atoms with Crippen molar-refractivity contribution in [3.05, 3.63) is 0 Å². The second kappa shape index (κ2) is 5.16. The molecule has 0 radical (unpaired) electrons. The van der Waals surface area contributed by atoms with Crippen molar-refractivity contribution in [3.8, 4) is 0 Å². The third kappa shape index (κ3) is 3.23. The number of hydrogen-bond acceptors (Lipinski definition) is 2. The highest BCUT2D eigenvalue weighted by Gasteiger charge is 2.25. The van der Waals surface area contributed by atoms with Crippen molar-refractivity contribution in [2.75, 3.05) is 13.1 Å². The number of rotatable bonds is 1. The molecular formula is C6H12ClFN2O2. The summed E-state index contributed by atoms with van der Waals surface area (Å²) in [7, 11) is 0. The van der Waals surface area contributed by atoms with Crippen LogP contribution in [0.2, 0.25) is 0 Å². The van der Waals surface area contributed by atoms with Crippen LogP contribution in [0.5, 0.6) is 0 Å². The molecule has 1 aliphatic heterocycles. The minimum absolute atomic E-state index is 0. The Morgan fingerprint density at radius 1 is 1.67 bits per heavy atom. The molecule has 0 aliphatic carbocycles. The van der Waals surface area contributed by atoms with Crippen LogP contribution < -0.4 is 10.6 Å². The summed E-state index contributed by atoms with van der Waals surface area (Å²) in [5, 5.41) is 13.2. The van der Waals surface area contributed by atoms with Gasteiger partial charge in [0.05, 0.1) is 6.04 Å². The molecule has 2 atom stereocenters. The molecule has 0 spiro atoms. The van der Waals surface area contributed by atoms with Gasteiger partial charge in [0, 0.05) is 6.54 Å². The van der Waals surface area contributed by atoms with Crippen LogP contribution in [0, 0.1) is 0 Å². The Balaban J connectivity index is 0.00000121. The smallest absolute Gasteiger partial charge is 0.404 e. The number of amides is 1. The third-order valence-corrected chi connectivity index (χ3v) is 1.72. The second-order valence-electron chi connectivity index (χ2n) is 2.56. The van der Waals surface area contributed by atoms with Crippen LogP contribution in [0.4, 0.5) is 9.18 Å². The summed E-state index contributed by atoms with van der Waals surface area (Å²) in [6, 6.07) is -0.534. The SMILES string of the molecule is Cl.O=C(O)N[C@@H]1CCNC[C@@H]1F. The van der Waals surface area contributed by atoms with Gasteiger partial charge in [-0.2, -0.15) is 0 Å². The number of carboxylic acid groups (broad SMARTS) is 1. The highest BCUT2D eigenvalue weighted by molar-refractivity contribution is 5.85. The van der Waals surface area contributed by atoms with Crippen LogP contribution in [0.25, 0.3) is 0 Å². The van der Waals surface area contributed by atoms with E-state index in [0.717, 1.165) is 0 Å². The van der Waals surface area contributed by atoms with Gasteiger partial charge in [-0.15, -0.1) is 12.4 Å². The minimum atomic E-state index is -1.15. The summed E-state index contributed by atoms with van der Waals surface area (Å²) in [6.07, 6.45) is -1.73. The Kier molecular flexibility index (Phi) is 4.92. The predicted molar refractivity (Wildman–Crippen MR) is 44.6 cm³/mol. The number of alkyl halides is 1. The average Bonchev–Trinajstić information content (AvgIpc) is 1.93. The number of hydrogen-bond donors (Lipinski definition) is 3. The number of piperidine rings is 1. The van der Waals surface area contributed by atoms with E-state index in [1.165, 1.54) is 0 Å². The van der Waals surface area contributed by atoms with E-state index in [1.807, 2.05) is 0 Å². The molecule has 1 heterocycles. The van der Waals surface area contributed by atoms with E-state index in [9.17, 15) is 9.18 Å². The van der Waals surface area contributed by atoms with Gasteiger partial charge in [-0.25, -0.2) is 9.18 Å². The summed E-state index contributed by atoms with van der Waals surface area (Å²) >= 11 is 0. The van der Waals surface area contributed by atoms with Gasteiger partial charge in [0.25, 0.3) is 0 Å². The molecule has 1 amide bonds. The maximum Gasteiger partial charge on any atom is 0.404 e. The zero-order valence-corrected chi connectivity index (χ0v) is 7.23. The van der Waals surface area contributed by atoms with Crippen LogP contribution in [0.15, 0.2) is 0 Å². The van der Waals surface area contributed by atoms with Gasteiger partial charge in [-0.1, -0.05) is 0 Å². The second-order valence-corrected chi connectivity index (χ2v) is 2.56. The first-order chi connectivity index (χ1) is 5.20. The Labute approximate surface area is 75.9 Å². The van der Waals surface area contributed by atoms with E-state index in [0.29, 0.717) is 13.0 Å². The molecule has 1 fully saturated rings. The summed E-state index contributed by atoms with van der Waals surface area (Å²) < 4.78 is 12.8. The molecule has 3 N–H and O–H groups in total. The molecule has 6 heteroatoms. The van der Waals surface area contributed by atoms with Gasteiger partial charge >= 0.3 is 6.09 Å². The molecule has 12 heavy (non-hydrogen) atoms. The number of carbonyl (C=O) groups is 1. The summed E-state index contributed by atoms with van der Waals surface area (Å²) in [4.78, 5) is 10.1. The lowest BCUT2D eigenvalue weighted by Crippen LogP contribution is -2.50. The summed E-state index contributed by atoms with van der Waals surface area (Å²) in [6.45, 7) is 0.913. The Morgan fingerprint density at radius 2 is 2.33 bits per heavy atom. The van der Waals surface area contributed by atoms with Crippen molar-refractivity contribution in [2.45, 2.75) is 18.6 Å². The normalized spacial score (nSPS) is 28.8. The van der Waals surface area contributed by atoms with Crippen LogP contribution in [0.1, 0.15) is 6.42 Å². The molecule has 1 aliphatic rings. The maximum atomic E-state index is 12.8. The molecule has 0 aromatic carbocycles. The molecule has 4 nitrogen and oxygen atoms in total. The molecule has 0 unspecified atom stereocenters. The maximum absolute atomic E-state index is 12.8. The topological polar surface area (TPSA) is 61.4 Å². The molecule has 1 saturated heterocycles. The molecule has 0 aromatic rings. The van der Waals surface area contributed by atoms with Gasteiger partial charge in [0.1, 0.15) is 6.17 Å². The van der Waals surface area contributed by atoms with Gasteiger partial charge < -0.3 is 15.7 Å². The monoisotopic (exact) mass is 198 g/mol. The Morgan fingerprint density at radius 3 is 2.83 bits per heavy atom. The van der Waals surface area contributed by atoms with Gasteiger partial charge in [-0.3, -0.25) is 0 Å². The van der Waals surface area contributed by atoms with Crippen molar-refractivity contribution in [1.82, 2.24) is 10.6 Å². The quantitative estimate of drug-likeness (QED) is 0.571. The first-order valence-corrected chi connectivity index (χ1v) is 3.54. The zero-order chi connectivity index (χ0) is 8.27. The van der Waals surface area contributed by atoms with Crippen molar-refractivity contribution in [1.29, 1.82) is 0 Å². The average molecular weight is 199 g/mol. The van der Waals surface area contributed by atoms with E-state index in [-0.39, 0.29) is 19.0 Å². The fourth-order valence-corrected chi connectivity index (χ4v) is 1.14.